The molecule has 0 bridgehead atoms. The number of aliphatic carboxylic acids is 3. The van der Waals surface area contributed by atoms with Gasteiger partial charge in [-0.25, -0.2) is 0 Å². The second kappa shape index (κ2) is 55.3. The van der Waals surface area contributed by atoms with Crippen LogP contribution in [0.3, 0.4) is 0 Å². The van der Waals surface area contributed by atoms with Crippen molar-refractivity contribution >= 4 is 72.6 Å². The van der Waals surface area contributed by atoms with Crippen LogP contribution in [0.15, 0.2) is 84.6 Å². The summed E-state index contributed by atoms with van der Waals surface area (Å²) in [6.45, 7) is 10.7. The summed E-state index contributed by atoms with van der Waals surface area (Å²) < 4.78 is 145. The van der Waals surface area contributed by atoms with Crippen molar-refractivity contribution in [2.45, 2.75) is 330 Å². The van der Waals surface area contributed by atoms with Crippen LogP contribution < -0.4 is 15.9 Å². The number of carbonyl (C=O) groups excluding carboxylic acids is 3. The van der Waals surface area contributed by atoms with Gasteiger partial charge < -0.3 is 34.1 Å². The minimum atomic E-state index is -5.42. The van der Waals surface area contributed by atoms with Gasteiger partial charge in [-0.3, -0.25) is 28.8 Å². The quantitative estimate of drug-likeness (QED) is 0.0435. The van der Waals surface area contributed by atoms with Gasteiger partial charge in [0.1, 0.15) is 27.2 Å². The monoisotopic (exact) mass is 1820 g/mol. The smallest absolute Gasteiger partial charge is 0.454 e. The van der Waals surface area contributed by atoms with Crippen molar-refractivity contribution in [1.82, 2.24) is 0 Å². The third kappa shape index (κ3) is 38.7. The van der Waals surface area contributed by atoms with E-state index in [1.54, 1.807) is 0 Å². The van der Waals surface area contributed by atoms with Crippen LogP contribution in [0.2, 0.25) is 0 Å². The summed E-state index contributed by atoms with van der Waals surface area (Å²) in [7, 11) is -6.78. The number of Topliss-reactive ketones (excluding diaryl/α,β-unsaturated/α-hetero) is 2. The average Bonchev–Trinajstić information content (AvgIpc) is 0.778. The van der Waals surface area contributed by atoms with E-state index < -0.39 is 93.5 Å². The molecule has 4 N–H and O–H groups in total. The average molecular weight is 1820 g/mol. The summed E-state index contributed by atoms with van der Waals surface area (Å²) in [6.07, 6.45) is 20.2. The maximum Gasteiger partial charge on any atom is 0.454 e. The zero-order valence-electron chi connectivity index (χ0n) is 58.9. The van der Waals surface area contributed by atoms with Crippen LogP contribution in [0.25, 0.3) is 0 Å². The molecule has 2 radical (unpaired) electrons. The van der Waals surface area contributed by atoms with Crippen molar-refractivity contribution in [3.05, 3.63) is 101 Å². The Hall–Kier alpha value is -2.15. The first-order chi connectivity index (χ1) is 45.8. The number of rotatable bonds is 12. The Balaban J connectivity index is -0.000000379. The van der Waals surface area contributed by atoms with Crippen molar-refractivity contribution in [2.24, 2.45) is 0 Å². The van der Waals surface area contributed by atoms with E-state index in [-0.39, 0.29) is 128 Å². The van der Waals surface area contributed by atoms with Crippen molar-refractivity contribution < 1.29 is 201 Å². The fourth-order valence-corrected chi connectivity index (χ4v) is 28.1. The number of carboxylic acid groups (broad SMARTS) is 3. The number of carboxylic acids is 3. The number of aliphatic hydroxyl groups excluding tert-OH is 1. The summed E-state index contributed by atoms with van der Waals surface area (Å²) in [4.78, 5) is 56.8. The molecular weight excluding hydrogens is 1700 g/mol. The third-order valence-electron chi connectivity index (χ3n) is 18.7. The number of carbonyl (C=O) groups is 6. The van der Waals surface area contributed by atoms with Crippen LogP contribution >= 0.6 is 21.4 Å². The second-order valence-corrected chi connectivity index (χ2v) is 36.6. The molecule has 104 heavy (non-hydrogen) atoms. The number of ketones is 3. The molecule has 0 aromatic heterocycles. The van der Waals surface area contributed by atoms with Gasteiger partial charge in [-0.2, -0.15) is 39.5 Å². The van der Waals surface area contributed by atoms with E-state index in [1.165, 1.54) is 225 Å². The number of allylic oxidation sites excluding steroid dienone is 2. The number of aliphatic hydroxyl groups is 1. The maximum absolute atomic E-state index is 14.3. The van der Waals surface area contributed by atoms with Gasteiger partial charge in [0.15, 0.2) is 0 Å². The Morgan fingerprint density at radius 3 is 0.673 bits per heavy atom. The largest absolute Gasteiger partial charge is 0.504 e. The van der Waals surface area contributed by atoms with E-state index in [1.807, 2.05) is 0 Å². The first-order valence-electron chi connectivity index (χ1n) is 34.5. The Morgan fingerprint density at radius 1 is 0.356 bits per heavy atom. The van der Waals surface area contributed by atoms with E-state index in [9.17, 15) is 67.6 Å². The topological polar surface area (TPSA) is 235 Å². The number of hydrogen-bond donors (Lipinski definition) is 4. The third-order valence-corrected chi connectivity index (χ3v) is 32.1. The van der Waals surface area contributed by atoms with Gasteiger partial charge in [-0.05, 0) is 121 Å². The first-order valence-corrected chi connectivity index (χ1v) is 40.0. The molecule has 3 aromatic carbocycles. The van der Waals surface area contributed by atoms with Gasteiger partial charge in [-0.15, -0.1) is 0 Å². The summed E-state index contributed by atoms with van der Waals surface area (Å²) >= 11 is 0. The molecule has 27 heteroatoms. The van der Waals surface area contributed by atoms with Gasteiger partial charge in [-0.1, -0.05) is 218 Å². The number of halogens is 9. The zero-order chi connectivity index (χ0) is 74.1. The normalized spacial score (nSPS) is 17.1. The van der Waals surface area contributed by atoms with Crippen LogP contribution in [0.4, 0.5) is 39.5 Å². The van der Waals surface area contributed by atoms with Crippen LogP contribution in [0, 0.1) is 120 Å². The number of alkyl halides is 9. The molecule has 600 valence electrons. The van der Waals surface area contributed by atoms with Crippen molar-refractivity contribution in [3.8, 4) is 0 Å². The van der Waals surface area contributed by atoms with Gasteiger partial charge >= 0.3 is 18.5 Å². The molecule has 6 aliphatic carbocycles. The van der Waals surface area contributed by atoms with E-state index in [0.717, 1.165) is 27.7 Å². The fraction of sp³-hybridized carbons (Fsp3) is 0.662. The van der Waals surface area contributed by atoms with E-state index in [2.05, 4.69) is 93.6 Å². The standard InChI is InChI=1S/3C19H29OP.C5H2F6O2.C5H5F3O2.3C2H4O2.4CH4.2Eu/c3*1-16-10-8-9-15-19(16)21(20,17-11-4-2-5-12-17)18-13-6-3-7-14-18;6-4(7,8)2(12)1-3(13)5(9,10)11;1-3(9)2-4(10)5(6,7)8;3*1-2(3)4;;;;;;/h3*8-10,15,17-18H,2-7,11-14H2,1H3;1,12H;2H2,1H3;3*1H3,(H,3,4);4*1H4;;. The Kier molecular flexibility index (Phi) is 58.7. The Labute approximate surface area is 697 Å². The molecule has 0 spiro atoms. The molecule has 0 heterocycles. The molecule has 6 saturated carbocycles. The molecule has 0 amide bonds. The molecule has 0 atom stereocenters. The summed E-state index contributed by atoms with van der Waals surface area (Å²) in [6, 6.07) is 25.6. The molecule has 0 unspecified atom stereocenters. The number of benzene rings is 3. The fourth-order valence-electron chi connectivity index (χ4n) is 14.3. The predicted molar refractivity (Wildman–Crippen MR) is 398 cm³/mol. The second-order valence-electron chi connectivity index (χ2n) is 26.5. The summed E-state index contributed by atoms with van der Waals surface area (Å²) in [5.41, 5.74) is 6.59. The SMILES string of the molecule is C.C.C.C.CC(=O)CC(=O)C(F)(F)F.CC(=O)O.CC(=O)O.CC(=O)O.Cc1ccccc1P(=O)(C1CCCCC1)C1CCCCC1.Cc1ccccc1P(=O)(C1CCCCC1)C1CCCCC1.Cc1ccccc1P(=O)(C1CCCCC1)C1CCCCC1.O=C(C=C(O)C(F)(F)F)C(F)(F)F.[Eu].[Eu]. The van der Waals surface area contributed by atoms with Crippen molar-refractivity contribution in [3.63, 3.8) is 0 Å². The molecule has 9 rings (SSSR count). The van der Waals surface area contributed by atoms with E-state index in [4.69, 9.17) is 34.8 Å². The van der Waals surface area contributed by atoms with Gasteiger partial charge in [0.25, 0.3) is 23.7 Å². The van der Waals surface area contributed by atoms with Gasteiger partial charge in [0.2, 0.25) is 11.5 Å². The molecule has 6 aliphatic rings. The van der Waals surface area contributed by atoms with Crippen LogP contribution in [0.5, 0.6) is 0 Å². The van der Waals surface area contributed by atoms with Crippen LogP contribution in [-0.4, -0.2) is 108 Å². The number of aryl methyl sites for hydroxylation is 3. The molecule has 0 aliphatic heterocycles. The van der Waals surface area contributed by atoms with Crippen LogP contribution in [0.1, 0.15) is 273 Å². The van der Waals surface area contributed by atoms with Crippen molar-refractivity contribution in [2.75, 3.05) is 0 Å². The number of hydrogen-bond acceptors (Lipinski definition) is 10. The minimum absolute atomic E-state index is 0. The molecule has 3 aromatic rings. The molecular formula is C77H122Eu2F9O13P3. The summed E-state index contributed by atoms with van der Waals surface area (Å²) in [5.74, 6) is -10.6. The summed E-state index contributed by atoms with van der Waals surface area (Å²) in [5, 5.41) is 33.9. The Morgan fingerprint density at radius 2 is 0.538 bits per heavy atom. The minimum Gasteiger partial charge on any atom is -0.504 e. The van der Waals surface area contributed by atoms with E-state index in [0.29, 0.717) is 34.0 Å². The van der Waals surface area contributed by atoms with E-state index >= 15 is 0 Å². The van der Waals surface area contributed by atoms with Gasteiger partial charge in [0, 0.05) is 175 Å². The first kappa shape index (κ1) is 110. The predicted octanol–water partition coefficient (Wildman–Crippen LogP) is 23.0. The molecule has 13 nitrogen and oxygen atoms in total. The van der Waals surface area contributed by atoms with Crippen LogP contribution in [-0.2, 0) is 42.5 Å². The zero-order valence-corrected chi connectivity index (χ0v) is 66.4. The molecule has 6 fully saturated rings. The molecule has 0 saturated heterocycles. The van der Waals surface area contributed by atoms with Gasteiger partial charge in [0.05, 0.1) is 6.42 Å². The Bertz CT molecular complexity index is 2810. The van der Waals surface area contributed by atoms with Crippen molar-refractivity contribution in [1.29, 1.82) is 0 Å². The maximum atomic E-state index is 14.3.